The summed E-state index contributed by atoms with van der Waals surface area (Å²) in [6.07, 6.45) is 3.89. The van der Waals surface area contributed by atoms with Crippen LogP contribution >= 0.6 is 11.8 Å². The van der Waals surface area contributed by atoms with E-state index in [9.17, 15) is 9.18 Å². The molecule has 1 saturated carbocycles. The van der Waals surface area contributed by atoms with Crippen LogP contribution in [-0.4, -0.2) is 18.2 Å². The molecule has 0 aromatic heterocycles. The first-order chi connectivity index (χ1) is 10.2. The first-order valence-corrected chi connectivity index (χ1v) is 8.60. The molecule has 3 nitrogen and oxygen atoms in total. The number of nitrogens with two attached hydrogens (primary N) is 1. The maximum Gasteiger partial charge on any atom is 0.223 e. The Hall–Kier alpha value is -1.07. The quantitative estimate of drug-likeness (QED) is 0.903. The van der Waals surface area contributed by atoms with Crippen LogP contribution in [0.15, 0.2) is 23.1 Å². The molecule has 3 rings (SSSR count). The summed E-state index contributed by atoms with van der Waals surface area (Å²) < 4.78 is 13.5. The third-order valence-electron chi connectivity index (χ3n) is 4.63. The number of hydrogen-bond acceptors (Lipinski definition) is 3. The zero-order chi connectivity index (χ0) is 14.8. The number of benzene rings is 1. The van der Waals surface area contributed by atoms with E-state index in [1.54, 1.807) is 17.8 Å². The maximum atomic E-state index is 13.5. The van der Waals surface area contributed by atoms with Crippen molar-refractivity contribution >= 4 is 17.7 Å². The summed E-state index contributed by atoms with van der Waals surface area (Å²) >= 11 is 1.73. The Bertz CT molecular complexity index is 537. The Morgan fingerprint density at radius 2 is 2.24 bits per heavy atom. The molecule has 21 heavy (non-hydrogen) atoms. The largest absolute Gasteiger partial charge is 0.349 e. The van der Waals surface area contributed by atoms with Gasteiger partial charge in [0.1, 0.15) is 5.82 Å². The molecule has 1 aliphatic carbocycles. The number of carbonyl (C=O) groups is 1. The summed E-state index contributed by atoms with van der Waals surface area (Å²) in [6.45, 7) is 0.573. The molecule has 1 fully saturated rings. The summed E-state index contributed by atoms with van der Waals surface area (Å²) in [4.78, 5) is 13.6. The van der Waals surface area contributed by atoms with Gasteiger partial charge in [0.25, 0.3) is 0 Å². The van der Waals surface area contributed by atoms with Crippen molar-refractivity contribution in [1.29, 1.82) is 0 Å². The van der Waals surface area contributed by atoms with E-state index < -0.39 is 0 Å². The zero-order valence-corrected chi connectivity index (χ0v) is 12.8. The molecule has 0 saturated heterocycles. The van der Waals surface area contributed by atoms with E-state index in [1.807, 2.05) is 6.07 Å². The molecule has 1 amide bonds. The van der Waals surface area contributed by atoms with Crippen molar-refractivity contribution in [3.63, 3.8) is 0 Å². The summed E-state index contributed by atoms with van der Waals surface area (Å²) in [5.74, 6) is 1.14. The molecule has 1 heterocycles. The first kappa shape index (κ1) is 14.9. The average Bonchev–Trinajstić information content (AvgIpc) is 2.96. The number of nitrogens with one attached hydrogen (secondary N) is 1. The molecule has 5 heteroatoms. The van der Waals surface area contributed by atoms with Crippen molar-refractivity contribution in [1.82, 2.24) is 5.32 Å². The van der Waals surface area contributed by atoms with Crippen LogP contribution in [0.25, 0.3) is 0 Å². The Morgan fingerprint density at radius 3 is 3.05 bits per heavy atom. The van der Waals surface area contributed by atoms with Gasteiger partial charge in [0, 0.05) is 16.6 Å². The topological polar surface area (TPSA) is 55.1 Å². The molecule has 2 aliphatic rings. The van der Waals surface area contributed by atoms with E-state index in [2.05, 4.69) is 5.32 Å². The van der Waals surface area contributed by atoms with Gasteiger partial charge in [-0.1, -0.05) is 6.42 Å². The van der Waals surface area contributed by atoms with Crippen LogP contribution in [0.5, 0.6) is 0 Å². The fraction of sp³-hybridized carbons (Fsp3) is 0.562. The van der Waals surface area contributed by atoms with E-state index in [0.717, 1.165) is 41.9 Å². The Balaban J connectivity index is 1.74. The Labute approximate surface area is 128 Å². The van der Waals surface area contributed by atoms with Gasteiger partial charge in [-0.05, 0) is 55.5 Å². The van der Waals surface area contributed by atoms with Crippen molar-refractivity contribution in [2.45, 2.75) is 36.6 Å². The SMILES string of the molecule is NC[C@H]1CCC[C@H]1C(=O)NC1CCSc2ccc(F)cc21. The second-order valence-electron chi connectivity index (χ2n) is 5.91. The van der Waals surface area contributed by atoms with E-state index in [4.69, 9.17) is 5.73 Å². The van der Waals surface area contributed by atoms with Crippen LogP contribution in [0.4, 0.5) is 4.39 Å². The summed E-state index contributed by atoms with van der Waals surface area (Å²) in [5.41, 5.74) is 6.68. The number of fused-ring (bicyclic) bond motifs is 1. The van der Waals surface area contributed by atoms with E-state index >= 15 is 0 Å². The van der Waals surface area contributed by atoms with Gasteiger partial charge in [0.15, 0.2) is 0 Å². The normalized spacial score (nSPS) is 28.2. The number of rotatable bonds is 3. The van der Waals surface area contributed by atoms with Gasteiger partial charge in [0.2, 0.25) is 5.91 Å². The fourth-order valence-electron chi connectivity index (χ4n) is 3.46. The molecule has 1 unspecified atom stereocenters. The third kappa shape index (κ3) is 3.09. The highest BCUT2D eigenvalue weighted by Crippen LogP contribution is 2.37. The molecule has 1 aliphatic heterocycles. The monoisotopic (exact) mass is 308 g/mol. The molecule has 3 N–H and O–H groups in total. The summed E-state index contributed by atoms with van der Waals surface area (Å²) in [6, 6.07) is 4.79. The van der Waals surface area contributed by atoms with Gasteiger partial charge >= 0.3 is 0 Å². The van der Waals surface area contributed by atoms with Crippen LogP contribution in [0, 0.1) is 17.7 Å². The Morgan fingerprint density at radius 1 is 1.38 bits per heavy atom. The highest BCUT2D eigenvalue weighted by molar-refractivity contribution is 7.99. The zero-order valence-electron chi connectivity index (χ0n) is 12.0. The number of halogens is 1. The van der Waals surface area contributed by atoms with Crippen LogP contribution in [0.3, 0.4) is 0 Å². The fourth-order valence-corrected chi connectivity index (χ4v) is 4.56. The number of thioether (sulfide) groups is 1. The van der Waals surface area contributed by atoms with E-state index in [0.29, 0.717) is 12.5 Å². The van der Waals surface area contributed by atoms with Crippen molar-refractivity contribution in [2.24, 2.45) is 17.6 Å². The van der Waals surface area contributed by atoms with Crippen LogP contribution < -0.4 is 11.1 Å². The Kier molecular flexibility index (Phi) is 4.50. The van der Waals surface area contributed by atoms with Gasteiger partial charge in [-0.15, -0.1) is 11.8 Å². The lowest BCUT2D eigenvalue weighted by Crippen LogP contribution is -2.38. The highest BCUT2D eigenvalue weighted by atomic mass is 32.2. The minimum atomic E-state index is -0.240. The lowest BCUT2D eigenvalue weighted by atomic mass is 9.94. The van der Waals surface area contributed by atoms with Crippen LogP contribution in [0.1, 0.15) is 37.3 Å². The summed E-state index contributed by atoms with van der Waals surface area (Å²) in [5, 5.41) is 3.13. The van der Waals surface area contributed by atoms with Crippen molar-refractivity contribution < 1.29 is 9.18 Å². The predicted octanol–water partition coefficient (Wildman–Crippen LogP) is 2.85. The van der Waals surface area contributed by atoms with Crippen LogP contribution in [-0.2, 0) is 4.79 Å². The molecule has 3 atom stereocenters. The molecular weight excluding hydrogens is 287 g/mol. The molecular formula is C16H21FN2OS. The highest BCUT2D eigenvalue weighted by Gasteiger charge is 2.33. The number of amides is 1. The standard InChI is InChI=1S/C16H21FN2OS/c17-11-4-5-15-13(8-11)14(6-7-21-15)19-16(20)12-3-1-2-10(12)9-18/h4-5,8,10,12,14H,1-3,6-7,9,18H2,(H,19,20)/t10-,12-,14?/m1/s1. The van der Waals surface area contributed by atoms with E-state index in [-0.39, 0.29) is 23.7 Å². The van der Waals surface area contributed by atoms with Crippen molar-refractivity contribution in [3.05, 3.63) is 29.6 Å². The van der Waals surface area contributed by atoms with Gasteiger partial charge in [-0.2, -0.15) is 0 Å². The van der Waals surface area contributed by atoms with Crippen molar-refractivity contribution in [3.8, 4) is 0 Å². The van der Waals surface area contributed by atoms with Gasteiger partial charge in [0.05, 0.1) is 6.04 Å². The molecule has 0 radical (unpaired) electrons. The van der Waals surface area contributed by atoms with Crippen LogP contribution in [0.2, 0.25) is 0 Å². The molecule has 0 bridgehead atoms. The predicted molar refractivity (Wildman–Crippen MR) is 82.5 cm³/mol. The van der Waals surface area contributed by atoms with Crippen molar-refractivity contribution in [2.75, 3.05) is 12.3 Å². The van der Waals surface area contributed by atoms with Gasteiger partial charge in [-0.25, -0.2) is 4.39 Å². The molecule has 1 aromatic carbocycles. The second-order valence-corrected chi connectivity index (χ2v) is 7.05. The van der Waals surface area contributed by atoms with Gasteiger partial charge in [-0.3, -0.25) is 4.79 Å². The average molecular weight is 308 g/mol. The number of hydrogen-bond donors (Lipinski definition) is 2. The first-order valence-electron chi connectivity index (χ1n) is 7.61. The molecule has 1 aromatic rings. The van der Waals surface area contributed by atoms with Gasteiger partial charge < -0.3 is 11.1 Å². The minimum absolute atomic E-state index is 0.0292. The molecule has 114 valence electrons. The number of carbonyl (C=O) groups excluding carboxylic acids is 1. The maximum absolute atomic E-state index is 13.5. The smallest absolute Gasteiger partial charge is 0.223 e. The van der Waals surface area contributed by atoms with E-state index in [1.165, 1.54) is 6.07 Å². The lowest BCUT2D eigenvalue weighted by molar-refractivity contribution is -0.126. The molecule has 0 spiro atoms. The summed E-state index contributed by atoms with van der Waals surface area (Å²) in [7, 11) is 0. The second kappa shape index (κ2) is 6.36. The lowest BCUT2D eigenvalue weighted by Gasteiger charge is -2.28. The minimum Gasteiger partial charge on any atom is -0.349 e. The third-order valence-corrected chi connectivity index (χ3v) is 5.75.